The summed E-state index contributed by atoms with van der Waals surface area (Å²) in [6.07, 6.45) is 3.18. The second kappa shape index (κ2) is 10.3. The molecule has 0 fully saturated rings. The molecule has 0 radical (unpaired) electrons. The molecular weight excluding hydrogens is 432 g/mol. The van der Waals surface area contributed by atoms with Crippen molar-refractivity contribution in [3.63, 3.8) is 0 Å². The first-order chi connectivity index (χ1) is 15.4. The normalized spacial score (nSPS) is 11.1. The summed E-state index contributed by atoms with van der Waals surface area (Å²) in [6.45, 7) is 0.0504. The van der Waals surface area contributed by atoms with E-state index in [1.807, 2.05) is 0 Å². The molecule has 3 aromatic rings. The number of hydrogen-bond donors (Lipinski definition) is 0. The summed E-state index contributed by atoms with van der Waals surface area (Å²) in [5, 5.41) is 0. The maximum absolute atomic E-state index is 13.8. The molecule has 0 saturated heterocycles. The Balaban J connectivity index is 2.25. The van der Waals surface area contributed by atoms with E-state index in [2.05, 4.69) is 4.98 Å². The van der Waals surface area contributed by atoms with Gasteiger partial charge in [-0.05, 0) is 42.0 Å². The topological polar surface area (TPSA) is 95.0 Å². The first kappa shape index (κ1) is 23.2. The second-order valence-corrected chi connectivity index (χ2v) is 8.65. The first-order valence-corrected chi connectivity index (χ1v) is 11.1. The molecule has 1 heterocycles. The number of aromatic nitrogens is 1. The van der Waals surface area contributed by atoms with Crippen LogP contribution in [0.4, 0.5) is 5.69 Å². The number of sulfonamides is 1. The number of anilines is 1. The molecule has 168 valence electrons. The third kappa shape index (κ3) is 4.90. The zero-order valence-corrected chi connectivity index (χ0v) is 18.8. The molecule has 0 bridgehead atoms. The molecule has 0 N–H and O–H groups in total. The van der Waals surface area contributed by atoms with E-state index in [0.717, 1.165) is 0 Å². The fraction of sp³-hybridized carbons (Fsp3) is 0.217. The van der Waals surface area contributed by atoms with Gasteiger partial charge in [0.05, 0.1) is 43.5 Å². The number of esters is 1. The van der Waals surface area contributed by atoms with Crippen LogP contribution in [0.1, 0.15) is 21.5 Å². The quantitative estimate of drug-likeness (QED) is 0.455. The molecule has 0 amide bonds. The summed E-state index contributed by atoms with van der Waals surface area (Å²) in [6, 6.07) is 14.4. The fourth-order valence-electron chi connectivity index (χ4n) is 3.25. The van der Waals surface area contributed by atoms with Gasteiger partial charge in [0.2, 0.25) is 0 Å². The Bertz CT molecular complexity index is 1160. The van der Waals surface area contributed by atoms with Crippen molar-refractivity contribution in [3.05, 3.63) is 83.7 Å². The van der Waals surface area contributed by atoms with Crippen molar-refractivity contribution in [2.45, 2.75) is 18.0 Å². The van der Waals surface area contributed by atoms with Gasteiger partial charge in [-0.25, -0.2) is 13.2 Å². The molecule has 0 aliphatic heterocycles. The van der Waals surface area contributed by atoms with Gasteiger partial charge in [0, 0.05) is 25.1 Å². The molecule has 0 atom stereocenters. The standard InChI is InChI=1S/C23H24N2O6S/c1-29-16-18-7-4-8-21(23(26)31-3)22(18)25(15-17-6-5-13-24-14-17)32(27,28)20-11-9-19(30-2)10-12-20/h4-14H,15-16H2,1-3H3. The third-order valence-corrected chi connectivity index (χ3v) is 6.53. The molecule has 0 spiro atoms. The number of nitrogens with zero attached hydrogens (tertiary/aromatic N) is 2. The Kier molecular flexibility index (Phi) is 7.45. The predicted molar refractivity (Wildman–Crippen MR) is 119 cm³/mol. The number of pyridine rings is 1. The molecule has 1 aromatic heterocycles. The van der Waals surface area contributed by atoms with Crippen molar-refractivity contribution in [2.24, 2.45) is 0 Å². The number of hydrogen-bond acceptors (Lipinski definition) is 7. The van der Waals surface area contributed by atoms with Gasteiger partial charge in [0.25, 0.3) is 10.0 Å². The van der Waals surface area contributed by atoms with Crippen LogP contribution < -0.4 is 9.04 Å². The number of methoxy groups -OCH3 is 3. The molecule has 0 saturated carbocycles. The van der Waals surface area contributed by atoms with Gasteiger partial charge in [-0.1, -0.05) is 18.2 Å². The monoisotopic (exact) mass is 456 g/mol. The van der Waals surface area contributed by atoms with E-state index in [-0.39, 0.29) is 29.3 Å². The smallest absolute Gasteiger partial charge is 0.340 e. The highest BCUT2D eigenvalue weighted by Gasteiger charge is 2.31. The van der Waals surface area contributed by atoms with Crippen LogP contribution in [0.3, 0.4) is 0 Å². The Morgan fingerprint density at radius 3 is 2.34 bits per heavy atom. The Morgan fingerprint density at radius 2 is 1.75 bits per heavy atom. The van der Waals surface area contributed by atoms with Crippen molar-refractivity contribution >= 4 is 21.7 Å². The predicted octanol–water partition coefficient (Wildman–Crippen LogP) is 3.42. The Morgan fingerprint density at radius 1 is 1.00 bits per heavy atom. The molecule has 8 nitrogen and oxygen atoms in total. The average molecular weight is 457 g/mol. The summed E-state index contributed by atoms with van der Waals surface area (Å²) in [5.74, 6) is -0.128. The van der Waals surface area contributed by atoms with Gasteiger partial charge in [-0.3, -0.25) is 9.29 Å². The highest BCUT2D eigenvalue weighted by molar-refractivity contribution is 7.92. The summed E-state index contributed by atoms with van der Waals surface area (Å²) in [7, 11) is 0.153. The Labute approximate surface area is 187 Å². The van der Waals surface area contributed by atoms with Crippen LogP contribution in [0.25, 0.3) is 0 Å². The largest absolute Gasteiger partial charge is 0.497 e. The van der Waals surface area contributed by atoms with Crippen LogP contribution in [-0.4, -0.2) is 40.7 Å². The average Bonchev–Trinajstić information content (AvgIpc) is 2.83. The van der Waals surface area contributed by atoms with Crippen LogP contribution in [0, 0.1) is 0 Å². The van der Waals surface area contributed by atoms with Crippen LogP contribution in [0.15, 0.2) is 71.9 Å². The van der Waals surface area contributed by atoms with Gasteiger partial charge in [0.1, 0.15) is 5.75 Å². The SMILES string of the molecule is COCc1cccc(C(=O)OC)c1N(Cc1cccnc1)S(=O)(=O)c1ccc(OC)cc1. The number of ether oxygens (including phenoxy) is 3. The minimum absolute atomic E-state index is 0.0465. The van der Waals surface area contributed by atoms with E-state index >= 15 is 0 Å². The van der Waals surface area contributed by atoms with E-state index in [0.29, 0.717) is 16.9 Å². The summed E-state index contributed by atoms with van der Waals surface area (Å²) < 4.78 is 44.2. The van der Waals surface area contributed by atoms with Crippen LogP contribution in [-0.2, 0) is 32.6 Å². The summed E-state index contributed by atoms with van der Waals surface area (Å²) >= 11 is 0. The van der Waals surface area contributed by atoms with E-state index in [1.54, 1.807) is 48.8 Å². The fourth-order valence-corrected chi connectivity index (χ4v) is 4.76. The van der Waals surface area contributed by atoms with Gasteiger partial charge < -0.3 is 14.2 Å². The lowest BCUT2D eigenvalue weighted by Crippen LogP contribution is -2.33. The molecule has 2 aromatic carbocycles. The summed E-state index contributed by atoms with van der Waals surface area (Å²) in [5.41, 5.74) is 1.48. The maximum atomic E-state index is 13.8. The number of para-hydroxylation sites is 1. The zero-order chi connectivity index (χ0) is 23.1. The highest BCUT2D eigenvalue weighted by Crippen LogP contribution is 2.34. The van der Waals surface area contributed by atoms with Crippen molar-refractivity contribution in [2.75, 3.05) is 25.6 Å². The van der Waals surface area contributed by atoms with Gasteiger partial charge >= 0.3 is 5.97 Å². The van der Waals surface area contributed by atoms with Gasteiger partial charge in [-0.15, -0.1) is 0 Å². The molecule has 32 heavy (non-hydrogen) atoms. The first-order valence-electron chi connectivity index (χ1n) is 9.67. The van der Waals surface area contributed by atoms with Crippen LogP contribution >= 0.6 is 0 Å². The molecule has 0 aliphatic rings. The minimum Gasteiger partial charge on any atom is -0.497 e. The van der Waals surface area contributed by atoms with Crippen molar-refractivity contribution in [1.82, 2.24) is 4.98 Å². The lowest BCUT2D eigenvalue weighted by atomic mass is 10.1. The van der Waals surface area contributed by atoms with Gasteiger partial charge in [0.15, 0.2) is 0 Å². The lowest BCUT2D eigenvalue weighted by Gasteiger charge is -2.28. The zero-order valence-electron chi connectivity index (χ0n) is 18.0. The van der Waals surface area contributed by atoms with E-state index in [9.17, 15) is 13.2 Å². The second-order valence-electron chi connectivity index (χ2n) is 6.79. The van der Waals surface area contributed by atoms with Crippen LogP contribution in [0.2, 0.25) is 0 Å². The van der Waals surface area contributed by atoms with Crippen molar-refractivity contribution in [1.29, 1.82) is 0 Å². The van der Waals surface area contributed by atoms with Crippen molar-refractivity contribution in [3.8, 4) is 5.75 Å². The molecule has 0 aliphatic carbocycles. The van der Waals surface area contributed by atoms with E-state index in [1.165, 1.54) is 43.8 Å². The number of carbonyl (C=O) groups is 1. The van der Waals surface area contributed by atoms with Gasteiger partial charge in [-0.2, -0.15) is 0 Å². The Hall–Kier alpha value is -3.43. The third-order valence-electron chi connectivity index (χ3n) is 4.77. The molecule has 9 heteroatoms. The molecule has 3 rings (SSSR count). The van der Waals surface area contributed by atoms with Crippen molar-refractivity contribution < 1.29 is 27.4 Å². The number of rotatable bonds is 9. The highest BCUT2D eigenvalue weighted by atomic mass is 32.2. The van der Waals surface area contributed by atoms with E-state index in [4.69, 9.17) is 14.2 Å². The van der Waals surface area contributed by atoms with E-state index < -0.39 is 16.0 Å². The maximum Gasteiger partial charge on any atom is 0.340 e. The number of carbonyl (C=O) groups excluding carboxylic acids is 1. The minimum atomic E-state index is -4.10. The summed E-state index contributed by atoms with van der Waals surface area (Å²) in [4.78, 5) is 16.7. The molecular formula is C23H24N2O6S. The molecule has 0 unspecified atom stereocenters. The lowest BCUT2D eigenvalue weighted by molar-refractivity contribution is 0.0601. The van der Waals surface area contributed by atoms with Crippen LogP contribution in [0.5, 0.6) is 5.75 Å². The number of benzene rings is 2.